The Kier molecular flexibility index (Phi) is 6.29. The van der Waals surface area contributed by atoms with Crippen LogP contribution in [0.5, 0.6) is 0 Å². The Hall–Kier alpha value is -0.140. The van der Waals surface area contributed by atoms with Crippen LogP contribution in [-0.4, -0.2) is 12.3 Å². The molecule has 118 valence electrons. The minimum Gasteiger partial charge on any atom is -0.245 e. The topological polar surface area (TPSA) is 0 Å². The van der Waals surface area contributed by atoms with Gasteiger partial charge in [-0.05, 0) is 69.1 Å². The summed E-state index contributed by atoms with van der Waals surface area (Å²) in [7, 11) is 0. The maximum atomic E-state index is 13.7. The minimum absolute atomic E-state index is 0.0114. The van der Waals surface area contributed by atoms with E-state index in [1.807, 2.05) is 0 Å². The van der Waals surface area contributed by atoms with Gasteiger partial charge < -0.3 is 0 Å². The highest BCUT2D eigenvalue weighted by molar-refractivity contribution is 4.85. The van der Waals surface area contributed by atoms with E-state index in [1.54, 1.807) is 0 Å². The van der Waals surface area contributed by atoms with Gasteiger partial charge in [0, 0.05) is 0 Å². The number of rotatable bonds is 5. The van der Waals surface area contributed by atoms with Gasteiger partial charge in [-0.3, -0.25) is 0 Å². The molecule has 0 saturated heterocycles. The molecule has 2 fully saturated rings. The summed E-state index contributed by atoms with van der Waals surface area (Å²) in [6.07, 6.45) is 9.90. The largest absolute Gasteiger partial charge is 0.245 e. The molecule has 0 heterocycles. The van der Waals surface area contributed by atoms with Crippen molar-refractivity contribution >= 4 is 0 Å². The SMILES string of the molecule is CCCC1CCC(C2CCC([C@H](F)[C@H](C)F)CC2)CC1. The van der Waals surface area contributed by atoms with Crippen molar-refractivity contribution in [3.63, 3.8) is 0 Å². The molecule has 0 aromatic carbocycles. The third-order valence-corrected chi connectivity index (χ3v) is 5.96. The summed E-state index contributed by atoms with van der Waals surface area (Å²) in [5, 5.41) is 0. The smallest absolute Gasteiger partial charge is 0.134 e. The van der Waals surface area contributed by atoms with E-state index in [-0.39, 0.29) is 5.92 Å². The number of hydrogen-bond donors (Lipinski definition) is 0. The highest BCUT2D eigenvalue weighted by Crippen LogP contribution is 2.43. The van der Waals surface area contributed by atoms with Gasteiger partial charge in [0.2, 0.25) is 0 Å². The van der Waals surface area contributed by atoms with Crippen molar-refractivity contribution in [3.05, 3.63) is 0 Å². The lowest BCUT2D eigenvalue weighted by atomic mass is 9.68. The fourth-order valence-electron chi connectivity index (χ4n) is 4.67. The Morgan fingerprint density at radius 1 is 0.850 bits per heavy atom. The first-order chi connectivity index (χ1) is 9.61. The van der Waals surface area contributed by atoms with Crippen molar-refractivity contribution in [2.75, 3.05) is 0 Å². The Labute approximate surface area is 123 Å². The van der Waals surface area contributed by atoms with Gasteiger partial charge in [-0.2, -0.15) is 0 Å². The van der Waals surface area contributed by atoms with Gasteiger partial charge >= 0.3 is 0 Å². The summed E-state index contributed by atoms with van der Waals surface area (Å²) >= 11 is 0. The Bertz CT molecular complexity index is 261. The zero-order chi connectivity index (χ0) is 14.5. The van der Waals surface area contributed by atoms with E-state index in [9.17, 15) is 8.78 Å². The van der Waals surface area contributed by atoms with E-state index in [1.165, 1.54) is 45.4 Å². The molecule has 0 bridgehead atoms. The van der Waals surface area contributed by atoms with Gasteiger partial charge in [0.05, 0.1) is 0 Å². The van der Waals surface area contributed by atoms with Gasteiger partial charge in [-0.25, -0.2) is 8.78 Å². The van der Waals surface area contributed by atoms with Crippen LogP contribution in [0.4, 0.5) is 8.78 Å². The van der Waals surface area contributed by atoms with E-state index in [4.69, 9.17) is 0 Å². The molecule has 0 aromatic rings. The minimum atomic E-state index is -1.29. The molecule has 2 aliphatic carbocycles. The van der Waals surface area contributed by atoms with Crippen LogP contribution in [0.25, 0.3) is 0 Å². The Morgan fingerprint density at radius 2 is 1.35 bits per heavy atom. The molecule has 0 aliphatic heterocycles. The summed E-state index contributed by atoms with van der Waals surface area (Å²) in [6.45, 7) is 3.65. The normalized spacial score (nSPS) is 38.4. The van der Waals surface area contributed by atoms with Crippen LogP contribution >= 0.6 is 0 Å². The molecular weight excluding hydrogens is 254 g/mol. The molecule has 2 heteroatoms. The maximum Gasteiger partial charge on any atom is 0.134 e. The van der Waals surface area contributed by atoms with Crippen LogP contribution in [0.15, 0.2) is 0 Å². The molecule has 0 N–H and O–H groups in total. The number of halogens is 2. The zero-order valence-electron chi connectivity index (χ0n) is 13.3. The summed E-state index contributed by atoms with van der Waals surface area (Å²) in [4.78, 5) is 0. The summed E-state index contributed by atoms with van der Waals surface area (Å²) in [5.74, 6) is 2.64. The third-order valence-electron chi connectivity index (χ3n) is 5.96. The molecule has 0 spiro atoms. The molecule has 0 unspecified atom stereocenters. The van der Waals surface area contributed by atoms with Crippen molar-refractivity contribution in [3.8, 4) is 0 Å². The standard InChI is InChI=1S/C18H32F2/c1-3-4-14-5-7-15(8-6-14)16-9-11-17(12-10-16)18(20)13(2)19/h13-18H,3-12H2,1-2H3/t13-,14?,15?,16?,17?,18+/m0/s1. The monoisotopic (exact) mass is 286 g/mol. The van der Waals surface area contributed by atoms with Crippen LogP contribution in [0.3, 0.4) is 0 Å². The Morgan fingerprint density at radius 3 is 1.80 bits per heavy atom. The van der Waals surface area contributed by atoms with Crippen molar-refractivity contribution in [2.45, 2.75) is 90.4 Å². The van der Waals surface area contributed by atoms with Crippen LogP contribution < -0.4 is 0 Å². The molecule has 0 nitrogen and oxygen atoms in total. The summed E-state index contributed by atoms with van der Waals surface area (Å²) < 4.78 is 26.8. The lowest BCUT2D eigenvalue weighted by Gasteiger charge is -2.38. The molecule has 2 aliphatic rings. The molecule has 0 radical (unpaired) electrons. The average molecular weight is 286 g/mol. The fraction of sp³-hybridized carbons (Fsp3) is 1.00. The second kappa shape index (κ2) is 7.75. The number of alkyl halides is 2. The lowest BCUT2D eigenvalue weighted by Crippen LogP contribution is -2.31. The van der Waals surface area contributed by atoms with E-state index in [0.29, 0.717) is 0 Å². The van der Waals surface area contributed by atoms with Crippen molar-refractivity contribution in [1.29, 1.82) is 0 Å². The predicted molar refractivity (Wildman–Crippen MR) is 81.3 cm³/mol. The zero-order valence-corrected chi connectivity index (χ0v) is 13.3. The van der Waals surface area contributed by atoms with E-state index in [2.05, 4.69) is 6.92 Å². The van der Waals surface area contributed by atoms with Gasteiger partial charge in [-0.1, -0.05) is 32.6 Å². The van der Waals surface area contributed by atoms with Crippen LogP contribution in [-0.2, 0) is 0 Å². The second-order valence-electron chi connectivity index (χ2n) is 7.37. The molecule has 2 saturated carbocycles. The van der Waals surface area contributed by atoms with Crippen LogP contribution in [0.2, 0.25) is 0 Å². The predicted octanol–water partition coefficient (Wildman–Crippen LogP) is 6.10. The van der Waals surface area contributed by atoms with E-state index >= 15 is 0 Å². The first-order valence-corrected chi connectivity index (χ1v) is 8.90. The highest BCUT2D eigenvalue weighted by Gasteiger charge is 2.34. The third kappa shape index (κ3) is 4.18. The van der Waals surface area contributed by atoms with Crippen molar-refractivity contribution < 1.29 is 8.78 Å². The molecule has 20 heavy (non-hydrogen) atoms. The molecular formula is C18H32F2. The van der Waals surface area contributed by atoms with E-state index < -0.39 is 12.3 Å². The van der Waals surface area contributed by atoms with Gasteiger partial charge in [0.15, 0.2) is 0 Å². The first kappa shape index (κ1) is 16.2. The molecule has 0 amide bonds. The quantitative estimate of drug-likeness (QED) is 0.573. The highest BCUT2D eigenvalue weighted by atomic mass is 19.2. The Balaban J connectivity index is 1.72. The van der Waals surface area contributed by atoms with Crippen LogP contribution in [0.1, 0.15) is 78.1 Å². The van der Waals surface area contributed by atoms with Crippen molar-refractivity contribution in [1.82, 2.24) is 0 Å². The summed E-state index contributed by atoms with van der Waals surface area (Å²) in [6, 6.07) is 0. The first-order valence-electron chi connectivity index (χ1n) is 8.90. The fourth-order valence-corrected chi connectivity index (χ4v) is 4.67. The maximum absolute atomic E-state index is 13.7. The van der Waals surface area contributed by atoms with E-state index in [0.717, 1.165) is 43.4 Å². The van der Waals surface area contributed by atoms with Gasteiger partial charge in [0.1, 0.15) is 12.3 Å². The average Bonchev–Trinajstić information content (AvgIpc) is 2.48. The molecule has 0 aromatic heterocycles. The second-order valence-corrected chi connectivity index (χ2v) is 7.37. The van der Waals surface area contributed by atoms with Crippen LogP contribution in [0, 0.1) is 23.7 Å². The summed E-state index contributed by atoms with van der Waals surface area (Å²) in [5.41, 5.74) is 0. The molecule has 2 atom stereocenters. The molecule has 2 rings (SSSR count). The van der Waals surface area contributed by atoms with Crippen molar-refractivity contribution in [2.24, 2.45) is 23.7 Å². The lowest BCUT2D eigenvalue weighted by molar-refractivity contribution is 0.0678. The van der Waals surface area contributed by atoms with Gasteiger partial charge in [-0.15, -0.1) is 0 Å². The van der Waals surface area contributed by atoms with Gasteiger partial charge in [0.25, 0.3) is 0 Å². The number of hydrogen-bond acceptors (Lipinski definition) is 0.